The lowest BCUT2D eigenvalue weighted by Crippen LogP contribution is -2.19. The molecule has 0 unspecified atom stereocenters. The molecular formula is C14H12ClN3O3S. The summed E-state index contributed by atoms with van der Waals surface area (Å²) in [4.78, 5) is 10.1. The molecule has 2 N–H and O–H groups in total. The molecule has 6 nitrogen and oxygen atoms in total. The highest BCUT2D eigenvalue weighted by atomic mass is 35.5. The van der Waals surface area contributed by atoms with Crippen LogP contribution in [0.2, 0.25) is 5.02 Å². The Kier molecular flexibility index (Phi) is 5.13. The molecule has 0 fully saturated rings. The van der Waals surface area contributed by atoms with E-state index in [2.05, 4.69) is 10.6 Å². The summed E-state index contributed by atoms with van der Waals surface area (Å²) in [5.41, 5.74) is 1.26. The van der Waals surface area contributed by atoms with Gasteiger partial charge in [-0.15, -0.1) is 0 Å². The third kappa shape index (κ3) is 4.06. The van der Waals surface area contributed by atoms with Crippen LogP contribution in [0.3, 0.4) is 0 Å². The Morgan fingerprint density at radius 3 is 2.50 bits per heavy atom. The molecular weight excluding hydrogens is 326 g/mol. The monoisotopic (exact) mass is 337 g/mol. The number of rotatable bonds is 4. The fourth-order valence-corrected chi connectivity index (χ4v) is 2.13. The second-order valence-corrected chi connectivity index (χ2v) is 5.07. The number of hydrogen-bond donors (Lipinski definition) is 2. The molecule has 0 radical (unpaired) electrons. The molecule has 0 aliphatic carbocycles. The molecule has 0 atom stereocenters. The van der Waals surface area contributed by atoms with Gasteiger partial charge in [0.2, 0.25) is 0 Å². The maximum absolute atomic E-state index is 10.6. The first-order chi connectivity index (χ1) is 10.5. The van der Waals surface area contributed by atoms with Crippen molar-refractivity contribution in [1.29, 1.82) is 0 Å². The van der Waals surface area contributed by atoms with E-state index in [1.165, 1.54) is 12.1 Å². The number of hydrogen-bond acceptors (Lipinski definition) is 4. The Labute approximate surface area is 137 Å². The number of non-ortho nitro benzene ring substituents is 1. The summed E-state index contributed by atoms with van der Waals surface area (Å²) in [6.45, 7) is 0. The molecule has 0 spiro atoms. The van der Waals surface area contributed by atoms with Gasteiger partial charge < -0.3 is 15.4 Å². The van der Waals surface area contributed by atoms with Crippen molar-refractivity contribution in [2.24, 2.45) is 0 Å². The minimum Gasteiger partial charge on any atom is -0.495 e. The highest BCUT2D eigenvalue weighted by Crippen LogP contribution is 2.27. The Morgan fingerprint density at radius 2 is 1.91 bits per heavy atom. The molecule has 0 heterocycles. The van der Waals surface area contributed by atoms with Crippen molar-refractivity contribution in [3.8, 4) is 5.75 Å². The molecule has 0 bridgehead atoms. The Bertz CT molecular complexity index is 707. The van der Waals surface area contributed by atoms with Gasteiger partial charge in [0, 0.05) is 22.8 Å². The highest BCUT2D eigenvalue weighted by molar-refractivity contribution is 7.80. The fraction of sp³-hybridized carbons (Fsp3) is 0.0714. The van der Waals surface area contributed by atoms with Crippen molar-refractivity contribution in [3.05, 3.63) is 57.6 Å². The van der Waals surface area contributed by atoms with Crippen LogP contribution < -0.4 is 15.4 Å². The van der Waals surface area contributed by atoms with Crippen molar-refractivity contribution in [3.63, 3.8) is 0 Å². The van der Waals surface area contributed by atoms with Crippen LogP contribution in [-0.2, 0) is 0 Å². The maximum atomic E-state index is 10.6. The predicted octanol–water partition coefficient (Wildman–Crippen LogP) is 4.07. The van der Waals surface area contributed by atoms with Crippen LogP contribution in [0.4, 0.5) is 17.1 Å². The Morgan fingerprint density at radius 1 is 1.23 bits per heavy atom. The van der Waals surface area contributed by atoms with E-state index in [9.17, 15) is 10.1 Å². The summed E-state index contributed by atoms with van der Waals surface area (Å²) in [6.07, 6.45) is 0. The second kappa shape index (κ2) is 7.06. The molecule has 22 heavy (non-hydrogen) atoms. The van der Waals surface area contributed by atoms with E-state index in [1.807, 2.05) is 0 Å². The predicted molar refractivity (Wildman–Crippen MR) is 90.9 cm³/mol. The fourth-order valence-electron chi connectivity index (χ4n) is 1.73. The van der Waals surface area contributed by atoms with E-state index in [1.54, 1.807) is 37.4 Å². The summed E-state index contributed by atoms with van der Waals surface area (Å²) < 4.78 is 5.21. The Hall–Kier alpha value is -2.38. The van der Waals surface area contributed by atoms with Gasteiger partial charge in [-0.3, -0.25) is 10.1 Å². The van der Waals surface area contributed by atoms with Gasteiger partial charge in [0.05, 0.1) is 17.7 Å². The van der Waals surface area contributed by atoms with E-state index < -0.39 is 4.92 Å². The van der Waals surface area contributed by atoms with Gasteiger partial charge in [0.25, 0.3) is 5.69 Å². The number of ether oxygens (including phenoxy) is 1. The number of nitro groups is 1. The molecule has 0 aliphatic rings. The SMILES string of the molecule is COc1ccc(Cl)cc1NC(=S)Nc1ccc([N+](=O)[O-])cc1. The van der Waals surface area contributed by atoms with E-state index in [4.69, 9.17) is 28.6 Å². The zero-order chi connectivity index (χ0) is 16.1. The van der Waals surface area contributed by atoms with Crippen LogP contribution in [-0.4, -0.2) is 17.1 Å². The minimum absolute atomic E-state index is 0.0148. The number of methoxy groups -OCH3 is 1. The first-order valence-electron chi connectivity index (χ1n) is 6.15. The van der Waals surface area contributed by atoms with Gasteiger partial charge in [-0.2, -0.15) is 0 Å². The minimum atomic E-state index is -0.461. The molecule has 0 aliphatic heterocycles. The lowest BCUT2D eigenvalue weighted by Gasteiger charge is -2.13. The van der Waals surface area contributed by atoms with Crippen molar-refractivity contribution in [2.45, 2.75) is 0 Å². The smallest absolute Gasteiger partial charge is 0.269 e. The van der Waals surface area contributed by atoms with Gasteiger partial charge in [-0.1, -0.05) is 11.6 Å². The van der Waals surface area contributed by atoms with Crippen LogP contribution in [0, 0.1) is 10.1 Å². The van der Waals surface area contributed by atoms with Crippen LogP contribution in [0.25, 0.3) is 0 Å². The number of thiocarbonyl (C=S) groups is 1. The van der Waals surface area contributed by atoms with Crippen molar-refractivity contribution in [2.75, 3.05) is 17.7 Å². The maximum Gasteiger partial charge on any atom is 0.269 e. The summed E-state index contributed by atoms with van der Waals surface area (Å²) in [7, 11) is 1.54. The number of nitrogens with zero attached hydrogens (tertiary/aromatic N) is 1. The number of halogens is 1. The second-order valence-electron chi connectivity index (χ2n) is 4.23. The zero-order valence-corrected chi connectivity index (χ0v) is 13.1. The van der Waals surface area contributed by atoms with Crippen LogP contribution >= 0.6 is 23.8 Å². The summed E-state index contributed by atoms with van der Waals surface area (Å²) in [5.74, 6) is 0.595. The molecule has 0 saturated carbocycles. The molecule has 114 valence electrons. The van der Waals surface area contributed by atoms with Crippen molar-refractivity contribution < 1.29 is 9.66 Å². The summed E-state index contributed by atoms with van der Waals surface area (Å²) in [6, 6.07) is 11.0. The van der Waals surface area contributed by atoms with Crippen molar-refractivity contribution in [1.82, 2.24) is 0 Å². The lowest BCUT2D eigenvalue weighted by atomic mass is 10.3. The molecule has 0 saturated heterocycles. The van der Waals surface area contributed by atoms with E-state index in [-0.39, 0.29) is 5.69 Å². The quantitative estimate of drug-likeness (QED) is 0.497. The first-order valence-corrected chi connectivity index (χ1v) is 6.94. The average Bonchev–Trinajstić information content (AvgIpc) is 2.48. The normalized spacial score (nSPS) is 9.91. The molecule has 0 aromatic heterocycles. The van der Waals surface area contributed by atoms with Gasteiger partial charge in [-0.25, -0.2) is 0 Å². The first kappa shape index (κ1) is 16.0. The molecule has 2 aromatic carbocycles. The molecule has 0 amide bonds. The van der Waals surface area contributed by atoms with Gasteiger partial charge in [0.1, 0.15) is 5.75 Å². The average molecular weight is 338 g/mol. The molecule has 2 aromatic rings. The van der Waals surface area contributed by atoms with Crippen molar-refractivity contribution >= 4 is 46.0 Å². The summed E-state index contributed by atoms with van der Waals surface area (Å²) in [5, 5.41) is 17.3. The van der Waals surface area contributed by atoms with Gasteiger partial charge in [-0.05, 0) is 42.5 Å². The van der Waals surface area contributed by atoms with Gasteiger partial charge >= 0.3 is 0 Å². The number of anilines is 2. The summed E-state index contributed by atoms with van der Waals surface area (Å²) >= 11 is 11.1. The standard InChI is InChI=1S/C14H12ClN3O3S/c1-21-13-7-2-9(15)8-12(13)17-14(22)16-10-3-5-11(6-4-10)18(19)20/h2-8H,1H3,(H2,16,17,22). The number of benzene rings is 2. The molecule has 2 rings (SSSR count). The lowest BCUT2D eigenvalue weighted by molar-refractivity contribution is -0.384. The van der Waals surface area contributed by atoms with E-state index in [0.29, 0.717) is 27.3 Å². The largest absolute Gasteiger partial charge is 0.495 e. The Balaban J connectivity index is 2.07. The zero-order valence-electron chi connectivity index (χ0n) is 11.5. The van der Waals surface area contributed by atoms with Crippen LogP contribution in [0.5, 0.6) is 5.75 Å². The van der Waals surface area contributed by atoms with Crippen LogP contribution in [0.1, 0.15) is 0 Å². The van der Waals surface area contributed by atoms with E-state index >= 15 is 0 Å². The molecule has 8 heteroatoms. The van der Waals surface area contributed by atoms with E-state index in [0.717, 1.165) is 0 Å². The number of nitro benzene ring substituents is 1. The third-order valence-corrected chi connectivity index (χ3v) is 3.18. The topological polar surface area (TPSA) is 76.4 Å². The highest BCUT2D eigenvalue weighted by Gasteiger charge is 2.08. The van der Waals surface area contributed by atoms with Gasteiger partial charge in [0.15, 0.2) is 5.11 Å². The van der Waals surface area contributed by atoms with Crippen LogP contribution in [0.15, 0.2) is 42.5 Å². The third-order valence-electron chi connectivity index (χ3n) is 2.75. The number of nitrogens with one attached hydrogen (secondary N) is 2.